The van der Waals surface area contributed by atoms with Crippen LogP contribution < -0.4 is 5.73 Å². The highest BCUT2D eigenvalue weighted by Gasteiger charge is 2.25. The Morgan fingerprint density at radius 1 is 1.43 bits per heavy atom. The molecule has 1 aromatic heterocycles. The molecular weight excluding hydrogens is 358 g/mol. The van der Waals surface area contributed by atoms with E-state index < -0.39 is 11.9 Å². The van der Waals surface area contributed by atoms with Crippen LogP contribution in [0.25, 0.3) is 0 Å². The molecule has 23 heavy (non-hydrogen) atoms. The highest BCUT2D eigenvalue weighted by Crippen LogP contribution is 2.24. The zero-order chi connectivity index (χ0) is 17.2. The molecule has 6 nitrogen and oxygen atoms in total. The third-order valence-corrected chi connectivity index (χ3v) is 3.97. The summed E-state index contributed by atoms with van der Waals surface area (Å²) in [6, 6.07) is 7.05. The van der Waals surface area contributed by atoms with Crippen LogP contribution >= 0.6 is 15.9 Å². The van der Waals surface area contributed by atoms with Gasteiger partial charge in [-0.15, -0.1) is 0 Å². The highest BCUT2D eigenvalue weighted by atomic mass is 79.9. The fourth-order valence-corrected chi connectivity index (χ4v) is 2.76. The molecule has 124 valence electrons. The Hall–Kier alpha value is -1.73. The van der Waals surface area contributed by atoms with Crippen LogP contribution in [-0.2, 0) is 16.8 Å². The summed E-state index contributed by atoms with van der Waals surface area (Å²) in [5.41, 5.74) is 6.32. The van der Waals surface area contributed by atoms with Crippen molar-refractivity contribution in [2.45, 2.75) is 38.8 Å². The fourth-order valence-electron chi connectivity index (χ4n) is 2.34. The minimum Gasteiger partial charge on any atom is -0.368 e. The molecule has 1 amide bonds. The first kappa shape index (κ1) is 17.6. The lowest BCUT2D eigenvalue weighted by Gasteiger charge is -2.25. The van der Waals surface area contributed by atoms with Gasteiger partial charge in [-0.3, -0.25) is 14.8 Å². The van der Waals surface area contributed by atoms with Crippen LogP contribution in [0.3, 0.4) is 0 Å². The van der Waals surface area contributed by atoms with Gasteiger partial charge >= 0.3 is 0 Å². The summed E-state index contributed by atoms with van der Waals surface area (Å²) < 4.78 is 0.907. The van der Waals surface area contributed by atoms with Crippen molar-refractivity contribution in [1.29, 1.82) is 0 Å². The Morgan fingerprint density at radius 3 is 2.65 bits per heavy atom. The summed E-state index contributed by atoms with van der Waals surface area (Å²) in [6.45, 7) is 6.61. The van der Waals surface area contributed by atoms with Crippen molar-refractivity contribution >= 4 is 21.8 Å². The number of carbonyl (C=O) groups is 1. The first-order valence-electron chi connectivity index (χ1n) is 7.35. The molecule has 0 fully saturated rings. The summed E-state index contributed by atoms with van der Waals surface area (Å²) in [4.78, 5) is 18.3. The molecule has 0 unspecified atom stereocenters. The number of aromatic nitrogens is 3. The number of primary amides is 1. The minimum atomic E-state index is -0.532. The van der Waals surface area contributed by atoms with Crippen LogP contribution in [0.4, 0.5) is 0 Å². The first-order chi connectivity index (χ1) is 10.7. The van der Waals surface area contributed by atoms with Crippen LogP contribution in [-0.4, -0.2) is 33.0 Å². The predicted molar refractivity (Wildman–Crippen MR) is 92.6 cm³/mol. The van der Waals surface area contributed by atoms with Crippen LogP contribution in [0.5, 0.6) is 0 Å². The number of halogens is 1. The number of nitrogens with zero attached hydrogens (tertiary/aromatic N) is 3. The molecule has 0 aliphatic carbocycles. The Labute approximate surface area is 144 Å². The molecule has 1 atom stereocenters. The largest absolute Gasteiger partial charge is 0.368 e. The summed E-state index contributed by atoms with van der Waals surface area (Å²) >= 11 is 3.42. The van der Waals surface area contributed by atoms with E-state index in [0.717, 1.165) is 15.9 Å². The standard InChI is InChI=1S/C16H22BrN5O/c1-16(2,3)15-19-12(20-21-15)9-22(4)13(14(18)23)10-6-5-7-11(17)8-10/h5-8,13H,9H2,1-4H3,(H2,18,23)(H,19,20,21)/t13-/m1/s1. The van der Waals surface area contributed by atoms with Gasteiger partial charge in [0.15, 0.2) is 5.82 Å². The monoisotopic (exact) mass is 379 g/mol. The van der Waals surface area contributed by atoms with E-state index in [1.807, 2.05) is 36.2 Å². The summed E-state index contributed by atoms with van der Waals surface area (Å²) in [5, 5.41) is 7.18. The van der Waals surface area contributed by atoms with Gasteiger partial charge in [0.05, 0.1) is 6.54 Å². The number of hydrogen-bond donors (Lipinski definition) is 2. The summed E-state index contributed by atoms with van der Waals surface area (Å²) in [6.07, 6.45) is 0. The Morgan fingerprint density at radius 2 is 2.13 bits per heavy atom. The molecule has 0 saturated heterocycles. The average molecular weight is 380 g/mol. The van der Waals surface area contributed by atoms with Gasteiger partial charge < -0.3 is 5.73 Å². The van der Waals surface area contributed by atoms with E-state index in [9.17, 15) is 4.79 Å². The summed E-state index contributed by atoms with van der Waals surface area (Å²) in [7, 11) is 1.84. The Bertz CT molecular complexity index is 692. The lowest BCUT2D eigenvalue weighted by Crippen LogP contribution is -2.35. The van der Waals surface area contributed by atoms with E-state index in [1.165, 1.54) is 0 Å². The molecule has 1 heterocycles. The van der Waals surface area contributed by atoms with Crippen molar-refractivity contribution in [3.63, 3.8) is 0 Å². The van der Waals surface area contributed by atoms with E-state index in [1.54, 1.807) is 0 Å². The maximum absolute atomic E-state index is 11.9. The molecule has 0 bridgehead atoms. The topological polar surface area (TPSA) is 87.9 Å². The fraction of sp³-hybridized carbons (Fsp3) is 0.438. The highest BCUT2D eigenvalue weighted by molar-refractivity contribution is 9.10. The van der Waals surface area contributed by atoms with Gasteiger partial charge in [-0.25, -0.2) is 4.98 Å². The zero-order valence-electron chi connectivity index (χ0n) is 13.8. The van der Waals surface area contributed by atoms with Gasteiger partial charge in [0.25, 0.3) is 0 Å². The quantitative estimate of drug-likeness (QED) is 0.835. The van der Waals surface area contributed by atoms with E-state index in [0.29, 0.717) is 12.4 Å². The molecule has 2 rings (SSSR count). The van der Waals surface area contributed by atoms with E-state index in [-0.39, 0.29) is 5.41 Å². The molecule has 0 aliphatic rings. The number of nitrogens with one attached hydrogen (secondary N) is 1. The predicted octanol–water partition coefficient (Wildman–Crippen LogP) is 2.52. The number of rotatable bonds is 5. The van der Waals surface area contributed by atoms with Gasteiger partial charge in [-0.2, -0.15) is 5.10 Å². The van der Waals surface area contributed by atoms with Crippen LogP contribution in [0.2, 0.25) is 0 Å². The third-order valence-electron chi connectivity index (χ3n) is 3.48. The van der Waals surface area contributed by atoms with Crippen LogP contribution in [0.1, 0.15) is 44.0 Å². The number of H-pyrrole nitrogens is 1. The third kappa shape index (κ3) is 4.39. The number of carbonyl (C=O) groups excluding carboxylic acids is 1. The number of nitrogens with two attached hydrogens (primary N) is 1. The number of hydrogen-bond acceptors (Lipinski definition) is 4. The van der Waals surface area contributed by atoms with Crippen molar-refractivity contribution < 1.29 is 4.79 Å². The van der Waals surface area contributed by atoms with Crippen molar-refractivity contribution in [3.8, 4) is 0 Å². The van der Waals surface area contributed by atoms with Gasteiger partial charge in [0.2, 0.25) is 5.91 Å². The van der Waals surface area contributed by atoms with Gasteiger partial charge in [0, 0.05) is 9.89 Å². The first-order valence-corrected chi connectivity index (χ1v) is 8.14. The van der Waals surface area contributed by atoms with E-state index in [4.69, 9.17) is 5.73 Å². The van der Waals surface area contributed by atoms with E-state index >= 15 is 0 Å². The van der Waals surface area contributed by atoms with Crippen LogP contribution in [0.15, 0.2) is 28.7 Å². The van der Waals surface area contributed by atoms with Gasteiger partial charge in [-0.1, -0.05) is 48.8 Å². The molecule has 2 aromatic rings. The number of aromatic amines is 1. The minimum absolute atomic E-state index is 0.124. The Balaban J connectivity index is 2.21. The van der Waals surface area contributed by atoms with Crippen molar-refractivity contribution in [3.05, 3.63) is 46.0 Å². The maximum atomic E-state index is 11.9. The Kier molecular flexibility index (Phi) is 5.21. The molecular formula is C16H22BrN5O. The molecule has 3 N–H and O–H groups in total. The number of benzene rings is 1. The van der Waals surface area contributed by atoms with Gasteiger partial charge in [-0.05, 0) is 24.7 Å². The second-order valence-electron chi connectivity index (χ2n) is 6.63. The van der Waals surface area contributed by atoms with Crippen molar-refractivity contribution in [2.24, 2.45) is 5.73 Å². The molecule has 0 radical (unpaired) electrons. The van der Waals surface area contributed by atoms with Crippen molar-refractivity contribution in [2.75, 3.05) is 7.05 Å². The number of likely N-dealkylation sites (N-methyl/N-ethyl adjacent to an activating group) is 1. The zero-order valence-corrected chi connectivity index (χ0v) is 15.4. The molecule has 7 heteroatoms. The number of amides is 1. The second-order valence-corrected chi connectivity index (χ2v) is 7.55. The molecule has 1 aromatic carbocycles. The average Bonchev–Trinajstić information content (AvgIpc) is 2.86. The lowest BCUT2D eigenvalue weighted by molar-refractivity contribution is -0.123. The SMILES string of the molecule is CN(Cc1nc(C(C)(C)C)n[nH]1)[C@@H](C(N)=O)c1cccc(Br)c1. The lowest BCUT2D eigenvalue weighted by atomic mass is 9.96. The molecule has 0 spiro atoms. The van der Waals surface area contributed by atoms with E-state index in [2.05, 4.69) is 51.9 Å². The normalized spacial score (nSPS) is 13.3. The van der Waals surface area contributed by atoms with Crippen LogP contribution in [0, 0.1) is 0 Å². The maximum Gasteiger partial charge on any atom is 0.239 e. The van der Waals surface area contributed by atoms with Gasteiger partial charge in [0.1, 0.15) is 11.9 Å². The van der Waals surface area contributed by atoms with Crippen molar-refractivity contribution in [1.82, 2.24) is 20.1 Å². The summed E-state index contributed by atoms with van der Waals surface area (Å²) in [5.74, 6) is 1.05. The molecule has 0 aliphatic heterocycles. The second kappa shape index (κ2) is 6.80. The smallest absolute Gasteiger partial charge is 0.239 e. The molecule has 0 saturated carbocycles.